The highest BCUT2D eigenvalue weighted by molar-refractivity contribution is 5.79. The third-order valence-corrected chi connectivity index (χ3v) is 3.16. The lowest BCUT2D eigenvalue weighted by atomic mass is 10.0. The highest BCUT2D eigenvalue weighted by Gasteiger charge is 2.16. The second-order valence-corrected chi connectivity index (χ2v) is 5.13. The number of methoxy groups -OCH3 is 2. The maximum atomic E-state index is 6.20. The van der Waals surface area contributed by atoms with E-state index in [1.807, 2.05) is 18.2 Å². The lowest BCUT2D eigenvalue weighted by Crippen LogP contribution is -1.99. The monoisotopic (exact) mass is 275 g/mol. The molecule has 0 atom stereocenters. The van der Waals surface area contributed by atoms with Crippen molar-refractivity contribution in [3.05, 3.63) is 23.9 Å². The molecule has 0 bridgehead atoms. The molecule has 0 aliphatic heterocycles. The van der Waals surface area contributed by atoms with Crippen molar-refractivity contribution in [3.63, 3.8) is 0 Å². The van der Waals surface area contributed by atoms with Crippen molar-refractivity contribution in [2.45, 2.75) is 20.3 Å². The molecule has 5 nitrogen and oxygen atoms in total. The molecule has 0 amide bonds. The van der Waals surface area contributed by atoms with Crippen molar-refractivity contribution >= 4 is 5.69 Å². The van der Waals surface area contributed by atoms with Gasteiger partial charge in [0, 0.05) is 11.6 Å². The van der Waals surface area contributed by atoms with Crippen LogP contribution in [0.25, 0.3) is 11.3 Å². The van der Waals surface area contributed by atoms with Gasteiger partial charge < -0.3 is 15.2 Å². The van der Waals surface area contributed by atoms with Gasteiger partial charge in [-0.1, -0.05) is 13.8 Å². The van der Waals surface area contributed by atoms with Crippen LogP contribution in [0.15, 0.2) is 18.2 Å². The van der Waals surface area contributed by atoms with E-state index in [1.165, 1.54) is 0 Å². The number of aromatic amines is 1. The number of anilines is 1. The van der Waals surface area contributed by atoms with Crippen LogP contribution in [0.5, 0.6) is 11.5 Å². The van der Waals surface area contributed by atoms with Gasteiger partial charge in [0.25, 0.3) is 0 Å². The van der Waals surface area contributed by atoms with Gasteiger partial charge in [0.2, 0.25) is 0 Å². The first-order chi connectivity index (χ1) is 9.56. The minimum atomic E-state index is 0.517. The van der Waals surface area contributed by atoms with Crippen LogP contribution in [0.2, 0.25) is 0 Å². The maximum Gasteiger partial charge on any atom is 0.132 e. The van der Waals surface area contributed by atoms with Gasteiger partial charge in [0.1, 0.15) is 17.2 Å². The smallest absolute Gasteiger partial charge is 0.132 e. The zero-order valence-electron chi connectivity index (χ0n) is 12.4. The van der Waals surface area contributed by atoms with Gasteiger partial charge in [0.15, 0.2) is 0 Å². The summed E-state index contributed by atoms with van der Waals surface area (Å²) in [6.45, 7) is 4.29. The molecule has 0 aliphatic carbocycles. The first-order valence-corrected chi connectivity index (χ1v) is 6.62. The second-order valence-electron chi connectivity index (χ2n) is 5.13. The normalized spacial score (nSPS) is 10.8. The topological polar surface area (TPSA) is 73.2 Å². The Morgan fingerprint density at radius 3 is 2.60 bits per heavy atom. The van der Waals surface area contributed by atoms with Gasteiger partial charge in [0.05, 0.1) is 25.6 Å². The molecule has 20 heavy (non-hydrogen) atoms. The van der Waals surface area contributed by atoms with Gasteiger partial charge in [-0.3, -0.25) is 5.10 Å². The van der Waals surface area contributed by atoms with Crippen LogP contribution in [0, 0.1) is 5.92 Å². The summed E-state index contributed by atoms with van der Waals surface area (Å²) < 4.78 is 10.6. The van der Waals surface area contributed by atoms with E-state index < -0.39 is 0 Å². The van der Waals surface area contributed by atoms with Crippen LogP contribution in [0.3, 0.4) is 0 Å². The number of hydrogen-bond donors (Lipinski definition) is 2. The van der Waals surface area contributed by atoms with Crippen LogP contribution < -0.4 is 15.2 Å². The molecule has 5 heteroatoms. The largest absolute Gasteiger partial charge is 0.497 e. The number of nitrogen functional groups attached to an aromatic ring is 1. The van der Waals surface area contributed by atoms with Crippen LogP contribution in [0.1, 0.15) is 19.5 Å². The second kappa shape index (κ2) is 5.86. The van der Waals surface area contributed by atoms with E-state index in [0.29, 0.717) is 17.4 Å². The number of ether oxygens (including phenoxy) is 2. The standard InChI is InChI=1S/C15H21N3O2/c1-9(2)7-12-14(16)15(18-17-12)11-6-5-10(19-3)8-13(11)20-4/h5-6,8-9H,7,16H2,1-4H3,(H,17,18). The Balaban J connectivity index is 2.43. The summed E-state index contributed by atoms with van der Waals surface area (Å²) in [4.78, 5) is 0. The summed E-state index contributed by atoms with van der Waals surface area (Å²) in [5.74, 6) is 1.95. The number of nitrogens with two attached hydrogens (primary N) is 1. The predicted molar refractivity (Wildman–Crippen MR) is 80.1 cm³/mol. The molecule has 2 aromatic rings. The van der Waals surface area contributed by atoms with Crippen LogP contribution in [-0.2, 0) is 6.42 Å². The van der Waals surface area contributed by atoms with Crippen molar-refractivity contribution < 1.29 is 9.47 Å². The van der Waals surface area contributed by atoms with E-state index >= 15 is 0 Å². The highest BCUT2D eigenvalue weighted by Crippen LogP contribution is 2.36. The lowest BCUT2D eigenvalue weighted by molar-refractivity contribution is 0.395. The van der Waals surface area contributed by atoms with Crippen LogP contribution >= 0.6 is 0 Å². The number of benzene rings is 1. The number of nitrogens with one attached hydrogen (secondary N) is 1. The van der Waals surface area contributed by atoms with E-state index in [1.54, 1.807) is 14.2 Å². The number of aromatic nitrogens is 2. The average Bonchev–Trinajstić information content (AvgIpc) is 2.78. The quantitative estimate of drug-likeness (QED) is 0.880. The van der Waals surface area contributed by atoms with Gasteiger partial charge in [-0.05, 0) is 24.5 Å². The van der Waals surface area contributed by atoms with Crippen molar-refractivity contribution in [1.29, 1.82) is 0 Å². The van der Waals surface area contributed by atoms with E-state index in [-0.39, 0.29) is 0 Å². The third kappa shape index (κ3) is 2.71. The fraction of sp³-hybridized carbons (Fsp3) is 0.400. The van der Waals surface area contributed by atoms with Crippen LogP contribution in [0.4, 0.5) is 5.69 Å². The Bertz CT molecular complexity index is 591. The van der Waals surface area contributed by atoms with Crippen molar-refractivity contribution in [2.24, 2.45) is 5.92 Å². The molecule has 2 rings (SSSR count). The molecule has 0 fully saturated rings. The molecule has 3 N–H and O–H groups in total. The number of rotatable bonds is 5. The first-order valence-electron chi connectivity index (χ1n) is 6.62. The number of nitrogens with zero attached hydrogens (tertiary/aromatic N) is 1. The Morgan fingerprint density at radius 2 is 2.00 bits per heavy atom. The molecule has 108 valence electrons. The van der Waals surface area contributed by atoms with E-state index in [4.69, 9.17) is 15.2 Å². The molecule has 0 spiro atoms. The molecule has 1 aromatic heterocycles. The van der Waals surface area contributed by atoms with Gasteiger partial charge in [-0.2, -0.15) is 5.10 Å². The zero-order chi connectivity index (χ0) is 14.7. The molecule has 0 aliphatic rings. The lowest BCUT2D eigenvalue weighted by Gasteiger charge is -2.09. The molecule has 0 radical (unpaired) electrons. The molecular formula is C15H21N3O2. The summed E-state index contributed by atoms with van der Waals surface area (Å²) >= 11 is 0. The van der Waals surface area contributed by atoms with Crippen molar-refractivity contribution in [1.82, 2.24) is 10.2 Å². The first kappa shape index (κ1) is 14.2. The SMILES string of the molecule is COc1ccc(-c2n[nH]c(CC(C)C)c2N)c(OC)c1. The maximum absolute atomic E-state index is 6.20. The van der Waals surface area contributed by atoms with E-state index in [0.717, 1.165) is 29.1 Å². The summed E-state index contributed by atoms with van der Waals surface area (Å²) in [6.07, 6.45) is 0.872. The average molecular weight is 275 g/mol. The predicted octanol–water partition coefficient (Wildman–Crippen LogP) is 2.87. The molecule has 0 unspecified atom stereocenters. The van der Waals surface area contributed by atoms with E-state index in [9.17, 15) is 0 Å². The number of H-pyrrole nitrogens is 1. The van der Waals surface area contributed by atoms with Gasteiger partial charge >= 0.3 is 0 Å². The Labute approximate surface area is 119 Å². The van der Waals surface area contributed by atoms with E-state index in [2.05, 4.69) is 24.0 Å². The molecule has 0 saturated carbocycles. The number of hydrogen-bond acceptors (Lipinski definition) is 4. The summed E-state index contributed by atoms with van der Waals surface area (Å²) in [5, 5.41) is 7.35. The Morgan fingerprint density at radius 1 is 1.25 bits per heavy atom. The fourth-order valence-corrected chi connectivity index (χ4v) is 2.15. The summed E-state index contributed by atoms with van der Waals surface area (Å²) in [6, 6.07) is 5.60. The molecule has 0 saturated heterocycles. The zero-order valence-corrected chi connectivity index (χ0v) is 12.4. The van der Waals surface area contributed by atoms with Gasteiger partial charge in [-0.15, -0.1) is 0 Å². The molecular weight excluding hydrogens is 254 g/mol. The van der Waals surface area contributed by atoms with Crippen molar-refractivity contribution in [2.75, 3.05) is 20.0 Å². The Hall–Kier alpha value is -2.17. The minimum Gasteiger partial charge on any atom is -0.497 e. The van der Waals surface area contributed by atoms with Crippen molar-refractivity contribution in [3.8, 4) is 22.8 Å². The molecule has 1 aromatic carbocycles. The Kier molecular flexibility index (Phi) is 4.17. The summed E-state index contributed by atoms with van der Waals surface area (Å²) in [5.41, 5.74) is 9.43. The third-order valence-electron chi connectivity index (χ3n) is 3.16. The summed E-state index contributed by atoms with van der Waals surface area (Å²) in [7, 11) is 3.24. The minimum absolute atomic E-state index is 0.517. The van der Waals surface area contributed by atoms with Gasteiger partial charge in [-0.25, -0.2) is 0 Å². The van der Waals surface area contributed by atoms with Crippen LogP contribution in [-0.4, -0.2) is 24.4 Å². The highest BCUT2D eigenvalue weighted by atomic mass is 16.5. The fourth-order valence-electron chi connectivity index (χ4n) is 2.15. The molecule has 1 heterocycles.